The lowest BCUT2D eigenvalue weighted by atomic mass is 10.2. The summed E-state index contributed by atoms with van der Waals surface area (Å²) in [7, 11) is 0. The van der Waals surface area contributed by atoms with Gasteiger partial charge in [-0.05, 0) is 31.6 Å². The Morgan fingerprint density at radius 2 is 2.31 bits per heavy atom. The molecule has 0 radical (unpaired) electrons. The lowest BCUT2D eigenvalue weighted by molar-refractivity contribution is 0.562. The van der Waals surface area contributed by atoms with Crippen LogP contribution in [0.15, 0.2) is 12.4 Å². The van der Waals surface area contributed by atoms with E-state index in [1.54, 1.807) is 0 Å². The third-order valence-corrected chi connectivity index (χ3v) is 3.58. The fourth-order valence-electron chi connectivity index (χ4n) is 1.66. The molecule has 0 bridgehead atoms. The predicted molar refractivity (Wildman–Crippen MR) is 51.7 cm³/mol. The van der Waals surface area contributed by atoms with Crippen molar-refractivity contribution < 1.29 is 0 Å². The Bertz CT molecular complexity index is 323. The maximum Gasteiger partial charge on any atom is 0.0727 e. The summed E-state index contributed by atoms with van der Waals surface area (Å²) < 4.78 is 2.05. The lowest BCUT2D eigenvalue weighted by Crippen LogP contribution is -2.00. The second kappa shape index (κ2) is 2.50. The van der Waals surface area contributed by atoms with E-state index in [-0.39, 0.29) is 4.87 Å². The minimum Gasteiger partial charge on any atom is -0.272 e. The van der Waals surface area contributed by atoms with E-state index < -0.39 is 0 Å². The Kier molecular flexibility index (Phi) is 1.51. The van der Waals surface area contributed by atoms with Gasteiger partial charge in [-0.3, -0.25) is 4.68 Å². The summed E-state index contributed by atoms with van der Waals surface area (Å²) in [5, 5.41) is 4.34. The van der Waals surface area contributed by atoms with Crippen LogP contribution in [0.25, 0.3) is 0 Å². The first-order chi connectivity index (χ1) is 6.26. The van der Waals surface area contributed by atoms with Crippen molar-refractivity contribution in [2.45, 2.75) is 37.1 Å². The number of hydrogen-bond acceptors (Lipinski definition) is 1. The van der Waals surface area contributed by atoms with Gasteiger partial charge < -0.3 is 0 Å². The highest BCUT2D eigenvalue weighted by atomic mass is 35.5. The Balaban J connectivity index is 1.76. The molecule has 2 fully saturated rings. The Morgan fingerprint density at radius 1 is 1.54 bits per heavy atom. The molecule has 3 heteroatoms. The molecule has 0 saturated heterocycles. The van der Waals surface area contributed by atoms with Gasteiger partial charge in [-0.15, -0.1) is 11.6 Å². The summed E-state index contributed by atoms with van der Waals surface area (Å²) in [4.78, 5) is -0.0399. The molecule has 1 aromatic rings. The zero-order chi connectivity index (χ0) is 8.89. The molecular weight excluding hydrogens is 184 g/mol. The van der Waals surface area contributed by atoms with Crippen LogP contribution in [0.3, 0.4) is 0 Å². The van der Waals surface area contributed by atoms with Gasteiger partial charge in [-0.25, -0.2) is 0 Å². The van der Waals surface area contributed by atoms with Crippen molar-refractivity contribution in [2.24, 2.45) is 5.92 Å². The quantitative estimate of drug-likeness (QED) is 0.680. The highest BCUT2D eigenvalue weighted by Crippen LogP contribution is 2.51. The topological polar surface area (TPSA) is 17.8 Å². The van der Waals surface area contributed by atoms with Gasteiger partial charge in [0, 0.05) is 18.3 Å². The van der Waals surface area contributed by atoms with Crippen molar-refractivity contribution in [1.29, 1.82) is 0 Å². The smallest absolute Gasteiger partial charge is 0.0727 e. The molecule has 0 atom stereocenters. The average Bonchev–Trinajstić information content (AvgIpc) is 2.97. The van der Waals surface area contributed by atoms with E-state index in [2.05, 4.69) is 16.0 Å². The van der Waals surface area contributed by atoms with E-state index in [9.17, 15) is 0 Å². The van der Waals surface area contributed by atoms with Crippen LogP contribution in [0.1, 0.15) is 31.2 Å². The number of aromatic nitrogens is 2. The summed E-state index contributed by atoms with van der Waals surface area (Å²) in [6.45, 7) is 1.09. The van der Waals surface area contributed by atoms with Crippen molar-refractivity contribution in [3.05, 3.63) is 18.0 Å². The summed E-state index contributed by atoms with van der Waals surface area (Å²) in [5.74, 6) is 0.887. The second-order valence-electron chi connectivity index (χ2n) is 4.36. The van der Waals surface area contributed by atoms with Gasteiger partial charge in [-0.2, -0.15) is 5.10 Å². The fraction of sp³-hybridized carbons (Fsp3) is 0.700. The van der Waals surface area contributed by atoms with Crippen LogP contribution in [0, 0.1) is 5.92 Å². The summed E-state index contributed by atoms with van der Waals surface area (Å²) in [6.07, 6.45) is 9.04. The first-order valence-corrected chi connectivity index (χ1v) is 5.36. The van der Waals surface area contributed by atoms with Gasteiger partial charge in [-0.1, -0.05) is 0 Å². The minimum absolute atomic E-state index is 0.0399. The van der Waals surface area contributed by atoms with Crippen LogP contribution in [-0.4, -0.2) is 9.78 Å². The van der Waals surface area contributed by atoms with Gasteiger partial charge in [0.15, 0.2) is 0 Å². The standard InChI is InChI=1S/C10H13ClN2/c11-10(3-4-10)9-5-12-13(7-9)6-8-1-2-8/h5,7-8H,1-4,6H2. The van der Waals surface area contributed by atoms with Crippen LogP contribution in [-0.2, 0) is 11.4 Å². The molecule has 3 rings (SSSR count). The number of nitrogens with zero attached hydrogens (tertiary/aromatic N) is 2. The molecule has 2 aliphatic carbocycles. The number of hydrogen-bond donors (Lipinski definition) is 0. The molecule has 0 N–H and O–H groups in total. The Labute approximate surface area is 82.9 Å². The number of halogens is 1. The molecule has 0 aliphatic heterocycles. The molecule has 0 spiro atoms. The Morgan fingerprint density at radius 3 is 2.92 bits per heavy atom. The van der Waals surface area contributed by atoms with E-state index in [4.69, 9.17) is 11.6 Å². The third-order valence-electron chi connectivity index (χ3n) is 2.98. The lowest BCUT2D eigenvalue weighted by Gasteiger charge is -2.00. The number of rotatable bonds is 3. The average molecular weight is 197 g/mol. The predicted octanol–water partition coefficient (Wildman–Crippen LogP) is 2.52. The van der Waals surface area contributed by atoms with E-state index >= 15 is 0 Å². The first kappa shape index (κ1) is 7.86. The molecule has 1 heterocycles. The van der Waals surface area contributed by atoms with Crippen molar-refractivity contribution in [1.82, 2.24) is 9.78 Å². The molecule has 70 valence electrons. The number of alkyl halides is 1. The summed E-state index contributed by atoms with van der Waals surface area (Å²) in [5.41, 5.74) is 1.22. The molecule has 13 heavy (non-hydrogen) atoms. The molecular formula is C10H13ClN2. The zero-order valence-corrected chi connectivity index (χ0v) is 8.30. The van der Waals surface area contributed by atoms with Gasteiger partial charge in [0.05, 0.1) is 11.1 Å². The van der Waals surface area contributed by atoms with E-state index in [1.807, 2.05) is 6.20 Å². The summed E-state index contributed by atoms with van der Waals surface area (Å²) >= 11 is 6.28. The normalized spacial score (nSPS) is 24.7. The van der Waals surface area contributed by atoms with Gasteiger partial charge in [0.1, 0.15) is 0 Å². The fourth-order valence-corrected chi connectivity index (χ4v) is 1.85. The monoisotopic (exact) mass is 196 g/mol. The van der Waals surface area contributed by atoms with Crippen LogP contribution in [0.2, 0.25) is 0 Å². The van der Waals surface area contributed by atoms with Gasteiger partial charge >= 0.3 is 0 Å². The van der Waals surface area contributed by atoms with E-state index in [1.165, 1.54) is 18.4 Å². The van der Waals surface area contributed by atoms with Crippen LogP contribution in [0.5, 0.6) is 0 Å². The second-order valence-corrected chi connectivity index (χ2v) is 5.08. The minimum atomic E-state index is -0.0399. The molecule has 2 saturated carbocycles. The maximum atomic E-state index is 6.28. The SMILES string of the molecule is ClC1(c2cnn(CC3CC3)c2)CC1. The molecule has 1 aromatic heterocycles. The highest BCUT2D eigenvalue weighted by molar-refractivity contribution is 6.25. The largest absolute Gasteiger partial charge is 0.272 e. The maximum absolute atomic E-state index is 6.28. The molecule has 2 aliphatic rings. The molecule has 0 amide bonds. The van der Waals surface area contributed by atoms with E-state index in [0.29, 0.717) is 0 Å². The van der Waals surface area contributed by atoms with Crippen molar-refractivity contribution in [3.8, 4) is 0 Å². The van der Waals surface area contributed by atoms with Crippen molar-refractivity contribution in [3.63, 3.8) is 0 Å². The van der Waals surface area contributed by atoms with E-state index in [0.717, 1.165) is 25.3 Å². The summed E-state index contributed by atoms with van der Waals surface area (Å²) in [6, 6.07) is 0. The van der Waals surface area contributed by atoms with Crippen LogP contribution < -0.4 is 0 Å². The first-order valence-electron chi connectivity index (χ1n) is 4.98. The Hall–Kier alpha value is -0.500. The molecule has 0 unspecified atom stereocenters. The molecule has 2 nitrogen and oxygen atoms in total. The van der Waals surface area contributed by atoms with Crippen molar-refractivity contribution >= 4 is 11.6 Å². The van der Waals surface area contributed by atoms with Crippen LogP contribution in [0.4, 0.5) is 0 Å². The van der Waals surface area contributed by atoms with Gasteiger partial charge in [0.25, 0.3) is 0 Å². The molecule has 0 aromatic carbocycles. The highest BCUT2D eigenvalue weighted by Gasteiger charge is 2.43. The van der Waals surface area contributed by atoms with Crippen LogP contribution >= 0.6 is 11.6 Å². The zero-order valence-electron chi connectivity index (χ0n) is 7.54. The third kappa shape index (κ3) is 1.48. The van der Waals surface area contributed by atoms with Crippen molar-refractivity contribution in [2.75, 3.05) is 0 Å². The van der Waals surface area contributed by atoms with Gasteiger partial charge in [0.2, 0.25) is 0 Å².